The largest absolute Gasteiger partial charge is 0.411 e. The number of aromatic nitrogens is 2. The van der Waals surface area contributed by atoms with Crippen LogP contribution in [-0.4, -0.2) is 35.9 Å². The number of hydrogen-bond donors (Lipinski definition) is 1. The third-order valence-corrected chi connectivity index (χ3v) is 2.10. The zero-order chi connectivity index (χ0) is 8.39. The molecular weight excluding hydrogens is 156 g/mol. The van der Waals surface area contributed by atoms with Crippen LogP contribution in [0.4, 0.5) is 6.01 Å². The number of anilines is 1. The second-order valence-corrected chi connectivity index (χ2v) is 2.97. The molecule has 1 aliphatic rings. The molecule has 1 atom stereocenters. The zero-order valence-electron chi connectivity index (χ0n) is 7.03. The Bertz CT molecular complexity index is 236. The summed E-state index contributed by atoms with van der Waals surface area (Å²) in [5.41, 5.74) is 0. The molecule has 0 amide bonds. The first kappa shape index (κ1) is 7.54. The number of rotatable bonds is 1. The standard InChI is InChI=1S/C7H12N4O/c1-6-4-8-2-3-11(6)7-10-9-5-12-7/h5-6,8H,2-4H2,1H3/t6-/m1/s1. The highest BCUT2D eigenvalue weighted by atomic mass is 16.4. The lowest BCUT2D eigenvalue weighted by molar-refractivity contribution is 0.446. The van der Waals surface area contributed by atoms with Crippen LogP contribution in [0.2, 0.25) is 0 Å². The van der Waals surface area contributed by atoms with Crippen LogP contribution >= 0.6 is 0 Å². The predicted molar refractivity (Wildman–Crippen MR) is 44.0 cm³/mol. The van der Waals surface area contributed by atoms with Gasteiger partial charge in [0.15, 0.2) is 0 Å². The first-order valence-corrected chi connectivity index (χ1v) is 4.11. The van der Waals surface area contributed by atoms with Gasteiger partial charge in [0, 0.05) is 25.7 Å². The van der Waals surface area contributed by atoms with Crippen molar-refractivity contribution in [2.75, 3.05) is 24.5 Å². The molecule has 2 rings (SSSR count). The minimum Gasteiger partial charge on any atom is -0.411 e. The molecule has 2 heterocycles. The van der Waals surface area contributed by atoms with Crippen LogP contribution in [0.5, 0.6) is 0 Å². The van der Waals surface area contributed by atoms with Gasteiger partial charge in [-0.05, 0) is 6.92 Å². The highest BCUT2D eigenvalue weighted by molar-refractivity contribution is 5.26. The predicted octanol–water partition coefficient (Wildman–Crippen LogP) is -0.132. The molecule has 0 radical (unpaired) electrons. The van der Waals surface area contributed by atoms with Gasteiger partial charge in [-0.15, -0.1) is 5.10 Å². The minimum absolute atomic E-state index is 0.430. The summed E-state index contributed by atoms with van der Waals surface area (Å²) in [4.78, 5) is 2.11. The number of hydrogen-bond acceptors (Lipinski definition) is 5. The number of nitrogens with zero attached hydrogens (tertiary/aromatic N) is 3. The van der Waals surface area contributed by atoms with Crippen LogP contribution in [0.1, 0.15) is 6.92 Å². The Kier molecular flexibility index (Phi) is 1.95. The van der Waals surface area contributed by atoms with E-state index in [2.05, 4.69) is 27.3 Å². The Morgan fingerprint density at radius 2 is 2.67 bits per heavy atom. The average Bonchev–Trinajstić information content (AvgIpc) is 2.57. The number of piperazine rings is 1. The maximum atomic E-state index is 5.12. The van der Waals surface area contributed by atoms with E-state index < -0.39 is 0 Å². The molecule has 1 N–H and O–H groups in total. The normalized spacial score (nSPS) is 24.4. The molecule has 12 heavy (non-hydrogen) atoms. The Morgan fingerprint density at radius 1 is 1.75 bits per heavy atom. The van der Waals surface area contributed by atoms with Gasteiger partial charge in [-0.3, -0.25) is 0 Å². The molecule has 5 nitrogen and oxygen atoms in total. The minimum atomic E-state index is 0.430. The third-order valence-electron chi connectivity index (χ3n) is 2.10. The second kappa shape index (κ2) is 3.10. The topological polar surface area (TPSA) is 54.2 Å². The van der Waals surface area contributed by atoms with Gasteiger partial charge in [-0.2, -0.15) is 0 Å². The molecule has 0 saturated carbocycles. The van der Waals surface area contributed by atoms with Gasteiger partial charge in [0.1, 0.15) is 0 Å². The van der Waals surface area contributed by atoms with Crippen molar-refractivity contribution in [1.29, 1.82) is 0 Å². The van der Waals surface area contributed by atoms with Crippen molar-refractivity contribution in [3.8, 4) is 0 Å². The van der Waals surface area contributed by atoms with Crippen LogP contribution in [0.25, 0.3) is 0 Å². The SMILES string of the molecule is C[C@@H]1CNCCN1c1nnco1. The lowest BCUT2D eigenvalue weighted by Gasteiger charge is -2.31. The molecule has 1 fully saturated rings. The van der Waals surface area contributed by atoms with E-state index in [4.69, 9.17) is 4.42 Å². The van der Waals surface area contributed by atoms with Crippen molar-refractivity contribution >= 4 is 6.01 Å². The maximum absolute atomic E-state index is 5.12. The van der Waals surface area contributed by atoms with Crippen LogP contribution in [0.15, 0.2) is 10.8 Å². The van der Waals surface area contributed by atoms with Gasteiger partial charge in [-0.1, -0.05) is 5.10 Å². The first-order chi connectivity index (χ1) is 5.88. The highest BCUT2D eigenvalue weighted by Gasteiger charge is 2.21. The molecule has 1 aromatic heterocycles. The molecule has 0 aliphatic carbocycles. The summed E-state index contributed by atoms with van der Waals surface area (Å²) in [6.45, 7) is 5.02. The van der Waals surface area contributed by atoms with Crippen LogP contribution in [-0.2, 0) is 0 Å². The van der Waals surface area contributed by atoms with Gasteiger partial charge in [0.2, 0.25) is 6.39 Å². The van der Waals surface area contributed by atoms with Gasteiger partial charge < -0.3 is 14.6 Å². The molecule has 1 aromatic rings. The molecule has 0 spiro atoms. The fourth-order valence-corrected chi connectivity index (χ4v) is 1.42. The van der Waals surface area contributed by atoms with E-state index in [9.17, 15) is 0 Å². The fourth-order valence-electron chi connectivity index (χ4n) is 1.42. The molecule has 0 bridgehead atoms. The van der Waals surface area contributed by atoms with Crippen LogP contribution < -0.4 is 10.2 Å². The number of nitrogens with one attached hydrogen (secondary N) is 1. The van der Waals surface area contributed by atoms with Crippen LogP contribution in [0.3, 0.4) is 0 Å². The van der Waals surface area contributed by atoms with Crippen molar-refractivity contribution in [3.63, 3.8) is 0 Å². The van der Waals surface area contributed by atoms with E-state index in [1.54, 1.807) is 0 Å². The van der Waals surface area contributed by atoms with E-state index >= 15 is 0 Å². The molecule has 0 unspecified atom stereocenters. The maximum Gasteiger partial charge on any atom is 0.318 e. The summed E-state index contributed by atoms with van der Waals surface area (Å²) < 4.78 is 5.12. The summed E-state index contributed by atoms with van der Waals surface area (Å²) in [7, 11) is 0. The average molecular weight is 168 g/mol. The molecular formula is C7H12N4O. The lowest BCUT2D eigenvalue weighted by atomic mass is 10.2. The van der Waals surface area contributed by atoms with Crippen molar-refractivity contribution in [2.24, 2.45) is 0 Å². The quantitative estimate of drug-likeness (QED) is 0.633. The van der Waals surface area contributed by atoms with E-state index in [1.165, 1.54) is 6.39 Å². The highest BCUT2D eigenvalue weighted by Crippen LogP contribution is 2.13. The zero-order valence-corrected chi connectivity index (χ0v) is 7.03. The van der Waals surface area contributed by atoms with E-state index in [0.29, 0.717) is 12.1 Å². The van der Waals surface area contributed by atoms with Gasteiger partial charge in [0.25, 0.3) is 0 Å². The molecule has 66 valence electrons. The first-order valence-electron chi connectivity index (χ1n) is 4.11. The smallest absolute Gasteiger partial charge is 0.318 e. The van der Waals surface area contributed by atoms with Gasteiger partial charge >= 0.3 is 6.01 Å². The van der Waals surface area contributed by atoms with E-state index in [0.717, 1.165) is 19.6 Å². The molecule has 1 aliphatic heterocycles. The Labute approximate surface area is 70.8 Å². The van der Waals surface area contributed by atoms with Gasteiger partial charge in [0.05, 0.1) is 0 Å². The Balaban J connectivity index is 2.11. The summed E-state index contributed by atoms with van der Waals surface area (Å²) >= 11 is 0. The second-order valence-electron chi connectivity index (χ2n) is 2.97. The third kappa shape index (κ3) is 1.27. The monoisotopic (exact) mass is 168 g/mol. The van der Waals surface area contributed by atoms with Crippen molar-refractivity contribution in [1.82, 2.24) is 15.5 Å². The molecule has 5 heteroatoms. The summed E-state index contributed by atoms with van der Waals surface area (Å²) in [6.07, 6.45) is 1.37. The van der Waals surface area contributed by atoms with Crippen molar-refractivity contribution < 1.29 is 4.42 Å². The van der Waals surface area contributed by atoms with Gasteiger partial charge in [-0.25, -0.2) is 0 Å². The van der Waals surface area contributed by atoms with Crippen molar-refractivity contribution in [3.05, 3.63) is 6.39 Å². The van der Waals surface area contributed by atoms with Crippen LogP contribution in [0, 0.1) is 0 Å². The van der Waals surface area contributed by atoms with E-state index in [-0.39, 0.29) is 0 Å². The van der Waals surface area contributed by atoms with E-state index in [1.807, 2.05) is 0 Å². The summed E-state index contributed by atoms with van der Waals surface area (Å²) in [5, 5.41) is 10.8. The molecule has 0 aromatic carbocycles. The lowest BCUT2D eigenvalue weighted by Crippen LogP contribution is -2.50. The van der Waals surface area contributed by atoms with Crippen molar-refractivity contribution in [2.45, 2.75) is 13.0 Å². The fraction of sp³-hybridized carbons (Fsp3) is 0.714. The summed E-state index contributed by atoms with van der Waals surface area (Å²) in [5.74, 6) is 0. The Morgan fingerprint density at radius 3 is 3.33 bits per heavy atom. The Hall–Kier alpha value is -1.10. The molecule has 1 saturated heterocycles. The summed E-state index contributed by atoms with van der Waals surface area (Å²) in [6, 6.07) is 1.06.